The molecule has 37 heavy (non-hydrogen) atoms. The molecule has 3 amide bonds. The van der Waals surface area contributed by atoms with Gasteiger partial charge in [0, 0.05) is 17.5 Å². The van der Waals surface area contributed by atoms with Crippen LogP contribution in [0.1, 0.15) is 40.5 Å². The van der Waals surface area contributed by atoms with Crippen molar-refractivity contribution >= 4 is 35.2 Å². The van der Waals surface area contributed by atoms with Crippen molar-refractivity contribution in [3.05, 3.63) is 95.1 Å². The number of hydrogen-bond donors (Lipinski definition) is 1. The summed E-state index contributed by atoms with van der Waals surface area (Å²) in [6.45, 7) is 0. The first kappa shape index (κ1) is 23.8. The van der Waals surface area contributed by atoms with Crippen molar-refractivity contribution in [2.24, 2.45) is 11.8 Å². The number of nitrogens with one attached hydrogen (secondary N) is 1. The maximum Gasteiger partial charge on any atom is 0.247 e. The van der Waals surface area contributed by atoms with Gasteiger partial charge in [0.2, 0.25) is 17.7 Å². The third-order valence-corrected chi connectivity index (χ3v) is 8.69. The number of nitrogens with zero attached hydrogens (tertiary/aromatic N) is 1. The van der Waals surface area contributed by atoms with Crippen LogP contribution in [0.3, 0.4) is 0 Å². The summed E-state index contributed by atoms with van der Waals surface area (Å²) in [5.74, 6) is -0.831. The van der Waals surface area contributed by atoms with Gasteiger partial charge in [0.15, 0.2) is 0 Å². The summed E-state index contributed by atoms with van der Waals surface area (Å²) in [7, 11) is 1.58. The fourth-order valence-corrected chi connectivity index (χ4v) is 6.97. The molecule has 3 aromatic carbocycles. The molecule has 1 saturated heterocycles. The van der Waals surface area contributed by atoms with Gasteiger partial charge in [0.05, 0.1) is 18.9 Å². The Balaban J connectivity index is 1.37. The van der Waals surface area contributed by atoms with Crippen LogP contribution < -0.4 is 10.1 Å². The van der Waals surface area contributed by atoms with Gasteiger partial charge < -0.3 is 10.1 Å². The van der Waals surface area contributed by atoms with E-state index in [2.05, 4.69) is 29.6 Å². The van der Waals surface area contributed by atoms with Gasteiger partial charge >= 0.3 is 0 Å². The second-order valence-corrected chi connectivity index (χ2v) is 10.8. The molecule has 3 aliphatic carbocycles. The number of rotatable bonds is 7. The van der Waals surface area contributed by atoms with E-state index in [1.807, 2.05) is 30.5 Å². The SMILES string of the molecule is COc1ccc(NC(=O)[C@H](CCSC)N2C(=O)[C@@H]3C4c5ccccc5C(c5ccccc54)[C@H]3C2=O)cc1. The molecule has 7 rings (SSSR count). The molecule has 1 N–H and O–H groups in total. The molecule has 1 aliphatic heterocycles. The number of methoxy groups -OCH3 is 1. The quantitative estimate of drug-likeness (QED) is 0.467. The smallest absolute Gasteiger partial charge is 0.247 e. The van der Waals surface area contributed by atoms with Gasteiger partial charge in [-0.15, -0.1) is 0 Å². The molecule has 6 nitrogen and oxygen atoms in total. The number of likely N-dealkylation sites (tertiary alicyclic amines) is 1. The average molecular weight is 513 g/mol. The standard InChI is InChI=1S/C30H28N2O4S/c1-36-18-13-11-17(12-14-18)31-28(33)23(15-16-37-2)32-29(34)26-24-19-7-3-4-8-20(19)25(27(26)30(32)35)22-10-6-5-9-21(22)24/h3-14,23-27H,15-16H2,1-2H3,(H,31,33)/t23-,24?,25?,26+,27+/m0/s1. The zero-order valence-electron chi connectivity index (χ0n) is 20.7. The third-order valence-electron chi connectivity index (χ3n) is 8.05. The maximum absolute atomic E-state index is 14.1. The number of amides is 3. The molecule has 7 heteroatoms. The summed E-state index contributed by atoms with van der Waals surface area (Å²) in [6.07, 6.45) is 2.36. The minimum atomic E-state index is -0.870. The summed E-state index contributed by atoms with van der Waals surface area (Å²) in [4.78, 5) is 43.1. The lowest BCUT2D eigenvalue weighted by Gasteiger charge is -2.45. The minimum Gasteiger partial charge on any atom is -0.497 e. The van der Waals surface area contributed by atoms with Crippen LogP contribution in [0.2, 0.25) is 0 Å². The van der Waals surface area contributed by atoms with Gasteiger partial charge in [0.1, 0.15) is 11.8 Å². The largest absolute Gasteiger partial charge is 0.497 e. The van der Waals surface area contributed by atoms with Crippen LogP contribution >= 0.6 is 11.8 Å². The maximum atomic E-state index is 14.1. The van der Waals surface area contributed by atoms with Gasteiger partial charge in [0.25, 0.3) is 0 Å². The fourth-order valence-electron chi connectivity index (χ4n) is 6.51. The Morgan fingerprint density at radius 2 is 1.35 bits per heavy atom. The second kappa shape index (κ2) is 9.38. The van der Waals surface area contributed by atoms with Crippen LogP contribution in [0.5, 0.6) is 5.75 Å². The Morgan fingerprint density at radius 3 is 1.78 bits per heavy atom. The molecule has 4 aliphatic rings. The molecule has 0 saturated carbocycles. The van der Waals surface area contributed by atoms with Gasteiger partial charge in [-0.05, 0) is 64.9 Å². The minimum absolute atomic E-state index is 0.185. The van der Waals surface area contributed by atoms with E-state index in [0.29, 0.717) is 23.6 Å². The lowest BCUT2D eigenvalue weighted by Crippen LogP contribution is -2.48. The van der Waals surface area contributed by atoms with Crippen molar-refractivity contribution in [1.29, 1.82) is 0 Å². The number of ether oxygens (including phenoxy) is 1. The predicted molar refractivity (Wildman–Crippen MR) is 144 cm³/mol. The summed E-state index contributed by atoms with van der Waals surface area (Å²) < 4.78 is 5.20. The molecule has 3 aromatic rings. The monoisotopic (exact) mass is 512 g/mol. The highest BCUT2D eigenvalue weighted by atomic mass is 32.2. The Kier molecular flexibility index (Phi) is 6.03. The van der Waals surface area contributed by atoms with E-state index in [1.165, 1.54) is 4.90 Å². The molecule has 1 fully saturated rings. The van der Waals surface area contributed by atoms with Crippen molar-refractivity contribution in [3.8, 4) is 5.75 Å². The van der Waals surface area contributed by atoms with E-state index in [1.54, 1.807) is 43.1 Å². The van der Waals surface area contributed by atoms with Crippen molar-refractivity contribution in [2.75, 3.05) is 24.4 Å². The zero-order chi connectivity index (χ0) is 25.7. The van der Waals surface area contributed by atoms with Gasteiger partial charge in [-0.2, -0.15) is 11.8 Å². The molecule has 0 radical (unpaired) electrons. The Labute approximate surface area is 220 Å². The lowest BCUT2D eigenvalue weighted by molar-refractivity contribution is -0.146. The molecule has 2 bridgehead atoms. The van der Waals surface area contributed by atoms with Gasteiger partial charge in [-0.3, -0.25) is 19.3 Å². The molecule has 0 spiro atoms. The highest BCUT2D eigenvalue weighted by Gasteiger charge is 2.62. The Hall–Kier alpha value is -3.58. The lowest BCUT2D eigenvalue weighted by atomic mass is 9.55. The van der Waals surface area contributed by atoms with E-state index in [4.69, 9.17) is 4.74 Å². The molecular weight excluding hydrogens is 484 g/mol. The number of thioether (sulfide) groups is 1. The van der Waals surface area contributed by atoms with Crippen LogP contribution in [-0.4, -0.2) is 47.8 Å². The van der Waals surface area contributed by atoms with E-state index in [9.17, 15) is 14.4 Å². The van der Waals surface area contributed by atoms with Crippen LogP contribution in [-0.2, 0) is 14.4 Å². The summed E-state index contributed by atoms with van der Waals surface area (Å²) in [6, 6.07) is 22.5. The first-order chi connectivity index (χ1) is 18.0. The number of anilines is 1. The van der Waals surface area contributed by atoms with Crippen LogP contribution in [0, 0.1) is 11.8 Å². The van der Waals surface area contributed by atoms with Crippen LogP contribution in [0.25, 0.3) is 0 Å². The average Bonchev–Trinajstić information content (AvgIpc) is 3.19. The topological polar surface area (TPSA) is 75.7 Å². The molecule has 1 heterocycles. The van der Waals surface area contributed by atoms with Crippen molar-refractivity contribution in [2.45, 2.75) is 24.3 Å². The van der Waals surface area contributed by atoms with Gasteiger partial charge in [-0.25, -0.2) is 0 Å². The molecule has 0 aromatic heterocycles. The van der Waals surface area contributed by atoms with Crippen LogP contribution in [0.15, 0.2) is 72.8 Å². The van der Waals surface area contributed by atoms with E-state index in [-0.39, 0.29) is 29.6 Å². The molecule has 0 unspecified atom stereocenters. The zero-order valence-corrected chi connectivity index (χ0v) is 21.5. The van der Waals surface area contributed by atoms with Crippen molar-refractivity contribution in [3.63, 3.8) is 0 Å². The highest BCUT2D eigenvalue weighted by Crippen LogP contribution is 2.61. The van der Waals surface area contributed by atoms with Crippen molar-refractivity contribution in [1.82, 2.24) is 4.90 Å². The summed E-state index contributed by atoms with van der Waals surface area (Å²) >= 11 is 1.59. The van der Waals surface area contributed by atoms with E-state index in [0.717, 1.165) is 22.3 Å². The fraction of sp³-hybridized carbons (Fsp3) is 0.300. The van der Waals surface area contributed by atoms with Crippen LogP contribution in [0.4, 0.5) is 5.69 Å². The molecule has 188 valence electrons. The van der Waals surface area contributed by atoms with E-state index < -0.39 is 17.9 Å². The third kappa shape index (κ3) is 3.67. The number of hydrogen-bond acceptors (Lipinski definition) is 5. The highest BCUT2D eigenvalue weighted by molar-refractivity contribution is 7.98. The Morgan fingerprint density at radius 1 is 0.865 bits per heavy atom. The summed E-state index contributed by atoms with van der Waals surface area (Å²) in [5, 5.41) is 2.92. The molecule has 3 atom stereocenters. The number of benzene rings is 3. The predicted octanol–water partition coefficient (Wildman–Crippen LogP) is 4.65. The first-order valence-electron chi connectivity index (χ1n) is 12.5. The summed E-state index contributed by atoms with van der Waals surface area (Å²) in [5.41, 5.74) is 5.09. The first-order valence-corrected chi connectivity index (χ1v) is 13.9. The van der Waals surface area contributed by atoms with Crippen molar-refractivity contribution < 1.29 is 19.1 Å². The Bertz CT molecular complexity index is 1270. The number of carbonyl (C=O) groups is 3. The van der Waals surface area contributed by atoms with Gasteiger partial charge in [-0.1, -0.05) is 48.5 Å². The molecular formula is C30H28N2O4S. The normalized spacial score (nSPS) is 23.8. The second-order valence-electron chi connectivity index (χ2n) is 9.83. The number of carbonyl (C=O) groups excluding carboxylic acids is 3. The van der Waals surface area contributed by atoms with E-state index >= 15 is 0 Å². The number of imide groups is 1.